The van der Waals surface area contributed by atoms with Gasteiger partial charge in [0.05, 0.1) is 11.8 Å². The molecule has 0 saturated carbocycles. The van der Waals surface area contributed by atoms with Gasteiger partial charge in [-0.3, -0.25) is 4.79 Å². The quantitative estimate of drug-likeness (QED) is 0.379. The normalized spacial score (nSPS) is 17.8. The number of hydrogen-bond donors (Lipinski definition) is 0. The number of imide groups is 1. The zero-order valence-electron chi connectivity index (χ0n) is 5.03. The fraction of sp³-hybridized carbons (Fsp3) is 0.400. The van der Waals surface area contributed by atoms with Gasteiger partial charge >= 0.3 is 0 Å². The van der Waals surface area contributed by atoms with E-state index in [1.54, 1.807) is 0 Å². The molecule has 5 heteroatoms. The summed E-state index contributed by atoms with van der Waals surface area (Å²) in [7, 11) is 0. The van der Waals surface area contributed by atoms with Crippen LogP contribution in [0.15, 0.2) is 0 Å². The fourth-order valence-corrected chi connectivity index (χ4v) is 0.618. The van der Waals surface area contributed by atoms with Gasteiger partial charge in [0.1, 0.15) is 5.78 Å². The standard InChI is InChI=1S/C5H5NO3.V/c7-3-1-4(8)6-5(9)2-3;/h1-2H2,(H,6,8,9);/p-1. The van der Waals surface area contributed by atoms with Crippen molar-refractivity contribution in [2.24, 2.45) is 0 Å². The van der Waals surface area contributed by atoms with Gasteiger partial charge in [0.15, 0.2) is 0 Å². The first-order valence-corrected chi connectivity index (χ1v) is 2.47. The monoisotopic (exact) mass is 177 g/mol. The Balaban J connectivity index is 0.000000810. The summed E-state index contributed by atoms with van der Waals surface area (Å²) in [5, 5.41) is 3.03. The smallest absolute Gasteiger partial charge is 0.144 e. The molecule has 0 aliphatic carbocycles. The molecule has 1 rings (SSSR count). The van der Waals surface area contributed by atoms with Gasteiger partial charge in [-0.15, -0.1) is 0 Å². The number of carbonyl (C=O) groups excluding carboxylic acids is 3. The second-order valence-electron chi connectivity index (χ2n) is 1.79. The molecule has 2 amide bonds. The van der Waals surface area contributed by atoms with Crippen LogP contribution in [0.5, 0.6) is 0 Å². The molecule has 0 unspecified atom stereocenters. The molecule has 0 bridgehead atoms. The van der Waals surface area contributed by atoms with Crippen LogP contribution in [0.25, 0.3) is 5.32 Å². The van der Waals surface area contributed by atoms with Crippen LogP contribution in [-0.4, -0.2) is 17.6 Å². The van der Waals surface area contributed by atoms with Crippen molar-refractivity contribution in [1.29, 1.82) is 0 Å². The summed E-state index contributed by atoms with van der Waals surface area (Å²) in [5.41, 5.74) is 0. The van der Waals surface area contributed by atoms with Gasteiger partial charge in [-0.25, -0.2) is 0 Å². The third-order valence-corrected chi connectivity index (χ3v) is 0.946. The molecule has 53 valence electrons. The van der Waals surface area contributed by atoms with Crippen LogP contribution in [-0.2, 0) is 32.9 Å². The van der Waals surface area contributed by atoms with Crippen LogP contribution in [0.4, 0.5) is 0 Å². The van der Waals surface area contributed by atoms with Crippen molar-refractivity contribution in [3.8, 4) is 0 Å². The molecule has 0 aromatic rings. The number of nitrogens with zero attached hydrogens (tertiary/aromatic N) is 1. The van der Waals surface area contributed by atoms with Crippen molar-refractivity contribution in [3.05, 3.63) is 5.32 Å². The molecule has 0 N–H and O–H groups in total. The summed E-state index contributed by atoms with van der Waals surface area (Å²) in [6.45, 7) is 0. The van der Waals surface area contributed by atoms with Crippen molar-refractivity contribution in [2.45, 2.75) is 12.8 Å². The van der Waals surface area contributed by atoms with Gasteiger partial charge in [0, 0.05) is 31.4 Å². The minimum Gasteiger partial charge on any atom is -0.595 e. The van der Waals surface area contributed by atoms with E-state index in [9.17, 15) is 14.4 Å². The first kappa shape index (κ1) is 9.39. The minimum absolute atomic E-state index is 0. The Hall–Kier alpha value is -0.606. The number of hydrogen-bond acceptors (Lipinski definition) is 3. The van der Waals surface area contributed by atoms with E-state index in [-0.39, 0.29) is 37.2 Å². The molecule has 10 heavy (non-hydrogen) atoms. The maximum atomic E-state index is 10.4. The summed E-state index contributed by atoms with van der Waals surface area (Å²) in [6, 6.07) is 0. The zero-order valence-corrected chi connectivity index (χ0v) is 6.43. The van der Waals surface area contributed by atoms with E-state index in [2.05, 4.69) is 5.32 Å². The van der Waals surface area contributed by atoms with Crippen molar-refractivity contribution in [3.63, 3.8) is 0 Å². The number of ketones is 1. The van der Waals surface area contributed by atoms with E-state index in [1.165, 1.54) is 0 Å². The molecule has 1 radical (unpaired) electrons. The molecular formula is C5H4NO3V-. The predicted octanol–water partition coefficient (Wildman–Crippen LogP) is -0.226. The maximum Gasteiger partial charge on any atom is 0.144 e. The van der Waals surface area contributed by atoms with Crippen LogP contribution >= 0.6 is 0 Å². The van der Waals surface area contributed by atoms with E-state index < -0.39 is 11.8 Å². The van der Waals surface area contributed by atoms with Crippen LogP contribution in [0.1, 0.15) is 12.8 Å². The van der Waals surface area contributed by atoms with Gasteiger partial charge in [-0.05, 0) is 0 Å². The van der Waals surface area contributed by atoms with Crippen molar-refractivity contribution < 1.29 is 32.9 Å². The minimum atomic E-state index is -0.615. The maximum absolute atomic E-state index is 10.4. The second kappa shape index (κ2) is 3.54. The Morgan fingerprint density at radius 3 is 1.70 bits per heavy atom. The van der Waals surface area contributed by atoms with Gasteiger partial charge in [0.25, 0.3) is 0 Å². The summed E-state index contributed by atoms with van der Waals surface area (Å²) < 4.78 is 0. The van der Waals surface area contributed by atoms with E-state index in [4.69, 9.17) is 0 Å². The fourth-order valence-electron chi connectivity index (χ4n) is 0.618. The number of Topliss-reactive ketones (excluding diaryl/α,β-unsaturated/α-hetero) is 1. The molecule has 1 heterocycles. The van der Waals surface area contributed by atoms with Crippen LogP contribution in [0.2, 0.25) is 0 Å². The predicted molar refractivity (Wildman–Crippen MR) is 27.6 cm³/mol. The number of amides is 2. The molecule has 0 aromatic heterocycles. The van der Waals surface area contributed by atoms with E-state index in [1.807, 2.05) is 0 Å². The molecule has 0 atom stereocenters. The molecule has 1 aliphatic heterocycles. The van der Waals surface area contributed by atoms with E-state index >= 15 is 0 Å². The molecule has 0 spiro atoms. The van der Waals surface area contributed by atoms with Crippen molar-refractivity contribution in [2.75, 3.05) is 0 Å². The molecule has 1 aliphatic rings. The molecule has 4 nitrogen and oxygen atoms in total. The Bertz CT molecular complexity index is 144. The van der Waals surface area contributed by atoms with Crippen molar-refractivity contribution >= 4 is 17.6 Å². The average Bonchev–Trinajstić information content (AvgIpc) is 1.59. The number of carbonyl (C=O) groups is 3. The topological polar surface area (TPSA) is 65.3 Å². The molecule has 1 fully saturated rings. The Morgan fingerprint density at radius 1 is 1.00 bits per heavy atom. The first-order chi connectivity index (χ1) is 4.18. The first-order valence-electron chi connectivity index (χ1n) is 2.47. The van der Waals surface area contributed by atoms with E-state index in [0.717, 1.165) is 0 Å². The van der Waals surface area contributed by atoms with Crippen LogP contribution in [0.3, 0.4) is 0 Å². The summed E-state index contributed by atoms with van der Waals surface area (Å²) >= 11 is 0. The van der Waals surface area contributed by atoms with Crippen molar-refractivity contribution in [1.82, 2.24) is 0 Å². The molecular weight excluding hydrogens is 173 g/mol. The zero-order chi connectivity index (χ0) is 6.85. The third-order valence-electron chi connectivity index (χ3n) is 0.946. The van der Waals surface area contributed by atoms with Crippen LogP contribution in [0, 0.1) is 0 Å². The van der Waals surface area contributed by atoms with Gasteiger partial charge < -0.3 is 14.9 Å². The van der Waals surface area contributed by atoms with Gasteiger partial charge in [-0.1, -0.05) is 0 Å². The summed E-state index contributed by atoms with van der Waals surface area (Å²) in [4.78, 5) is 30.9. The Morgan fingerprint density at radius 2 is 1.40 bits per heavy atom. The molecule has 0 aromatic carbocycles. The van der Waals surface area contributed by atoms with Crippen LogP contribution < -0.4 is 0 Å². The SMILES string of the molecule is O=C1CC(=O)[N-]C(=O)C1.[V]. The summed E-state index contributed by atoms with van der Waals surface area (Å²) in [5.74, 6) is -1.56. The number of rotatable bonds is 0. The largest absolute Gasteiger partial charge is 0.595 e. The number of piperidine rings is 1. The third kappa shape index (κ3) is 2.33. The second-order valence-corrected chi connectivity index (χ2v) is 1.79. The summed E-state index contributed by atoms with van der Waals surface area (Å²) in [6.07, 6.45) is -0.405. The average molecular weight is 177 g/mol. The van der Waals surface area contributed by atoms with Gasteiger partial charge in [-0.2, -0.15) is 0 Å². The molecule has 1 saturated heterocycles. The van der Waals surface area contributed by atoms with Gasteiger partial charge in [0.2, 0.25) is 0 Å². The Labute approximate surface area is 69.2 Å². The Kier molecular flexibility index (Phi) is 3.32. The van der Waals surface area contributed by atoms with E-state index in [0.29, 0.717) is 0 Å².